The van der Waals surface area contributed by atoms with Gasteiger partial charge in [-0.15, -0.1) is 0 Å². The topological polar surface area (TPSA) is 90.0 Å². The van der Waals surface area contributed by atoms with Gasteiger partial charge in [0.25, 0.3) is 0 Å². The highest BCUT2D eigenvalue weighted by atomic mass is 16.6. The van der Waals surface area contributed by atoms with Crippen molar-refractivity contribution < 1.29 is 23.8 Å². The molecule has 27 heavy (non-hydrogen) atoms. The number of piperidine rings is 1. The number of ether oxygens (including phenoxy) is 3. The van der Waals surface area contributed by atoms with E-state index in [1.807, 2.05) is 26.8 Å². The van der Waals surface area contributed by atoms with Gasteiger partial charge in [-0.1, -0.05) is 6.07 Å². The van der Waals surface area contributed by atoms with Gasteiger partial charge in [-0.2, -0.15) is 0 Å². The molecule has 1 spiro atoms. The molecule has 8 nitrogen and oxygen atoms in total. The van der Waals surface area contributed by atoms with Crippen LogP contribution in [0.25, 0.3) is 0 Å². The van der Waals surface area contributed by atoms with Crippen LogP contribution in [0.15, 0.2) is 18.2 Å². The van der Waals surface area contributed by atoms with E-state index in [1.54, 1.807) is 12.1 Å². The Morgan fingerprint density at radius 3 is 2.67 bits per heavy atom. The zero-order valence-corrected chi connectivity index (χ0v) is 16.3. The summed E-state index contributed by atoms with van der Waals surface area (Å²) in [5.41, 5.74) is -0.316. The number of carbonyl (C=O) groups excluding carboxylic acids is 2. The minimum absolute atomic E-state index is 0.0269. The molecule has 2 aliphatic rings. The third-order valence-corrected chi connectivity index (χ3v) is 4.64. The molecule has 1 aromatic rings. The van der Waals surface area contributed by atoms with Crippen LogP contribution in [0.4, 0.5) is 10.6 Å². The van der Waals surface area contributed by atoms with Gasteiger partial charge in [-0.25, -0.2) is 14.6 Å². The number of pyridine rings is 1. The molecule has 2 fully saturated rings. The third-order valence-electron chi connectivity index (χ3n) is 4.64. The van der Waals surface area contributed by atoms with E-state index in [0.29, 0.717) is 25.6 Å². The molecule has 0 aromatic carbocycles. The van der Waals surface area contributed by atoms with Crippen LogP contribution in [0.3, 0.4) is 0 Å². The number of amides is 1. The molecular formula is C19H27N3O5. The zero-order valence-electron chi connectivity index (χ0n) is 16.3. The van der Waals surface area contributed by atoms with E-state index in [-0.39, 0.29) is 17.2 Å². The first kappa shape index (κ1) is 19.4. The third kappa shape index (κ3) is 4.68. The van der Waals surface area contributed by atoms with Gasteiger partial charge in [0.2, 0.25) is 0 Å². The van der Waals surface area contributed by atoms with Crippen LogP contribution in [-0.2, 0) is 14.2 Å². The Kier molecular flexibility index (Phi) is 5.28. The predicted molar refractivity (Wildman–Crippen MR) is 98.8 cm³/mol. The maximum Gasteiger partial charge on any atom is 0.407 e. The summed E-state index contributed by atoms with van der Waals surface area (Å²) in [5.74, 6) is 0.207. The zero-order chi connectivity index (χ0) is 19.7. The first-order valence-corrected chi connectivity index (χ1v) is 9.07. The quantitative estimate of drug-likeness (QED) is 0.806. The van der Waals surface area contributed by atoms with E-state index in [2.05, 4.69) is 15.2 Å². The van der Waals surface area contributed by atoms with Crippen LogP contribution in [0, 0.1) is 5.41 Å². The summed E-state index contributed by atoms with van der Waals surface area (Å²) in [7, 11) is 1.33. The summed E-state index contributed by atoms with van der Waals surface area (Å²) < 4.78 is 15.6. The molecule has 148 valence electrons. The Bertz CT molecular complexity index is 712. The van der Waals surface area contributed by atoms with E-state index in [1.165, 1.54) is 7.11 Å². The fourth-order valence-corrected chi connectivity index (χ4v) is 3.55. The van der Waals surface area contributed by atoms with Crippen molar-refractivity contribution in [3.05, 3.63) is 23.9 Å². The van der Waals surface area contributed by atoms with E-state index in [9.17, 15) is 9.59 Å². The van der Waals surface area contributed by atoms with Crippen molar-refractivity contribution >= 4 is 17.9 Å². The summed E-state index contributed by atoms with van der Waals surface area (Å²) >= 11 is 0. The molecular weight excluding hydrogens is 350 g/mol. The predicted octanol–water partition coefficient (Wildman–Crippen LogP) is 1.99. The molecule has 1 amide bonds. The van der Waals surface area contributed by atoms with Crippen LogP contribution in [0.1, 0.15) is 37.7 Å². The smallest absolute Gasteiger partial charge is 0.407 e. The van der Waals surface area contributed by atoms with Gasteiger partial charge >= 0.3 is 12.1 Å². The van der Waals surface area contributed by atoms with Crippen LogP contribution in [-0.4, -0.2) is 62.1 Å². The van der Waals surface area contributed by atoms with Crippen molar-refractivity contribution in [2.45, 2.75) is 38.8 Å². The molecule has 1 aromatic heterocycles. The van der Waals surface area contributed by atoms with Gasteiger partial charge < -0.3 is 24.4 Å². The molecule has 0 bridgehead atoms. The normalized spacial score (nSPS) is 21.3. The number of hydrogen-bond donors (Lipinski definition) is 1. The number of anilines is 1. The van der Waals surface area contributed by atoms with Crippen LogP contribution in [0.5, 0.6) is 0 Å². The summed E-state index contributed by atoms with van der Waals surface area (Å²) in [6.45, 7) is 8.14. The van der Waals surface area contributed by atoms with Crippen molar-refractivity contribution in [1.29, 1.82) is 0 Å². The second-order valence-electron chi connectivity index (χ2n) is 8.29. The monoisotopic (exact) mass is 377 g/mol. The number of rotatable bonds is 3. The highest BCUT2D eigenvalue weighted by Crippen LogP contribution is 2.38. The summed E-state index contributed by atoms with van der Waals surface area (Å²) in [5, 5.41) is 2.97. The minimum Gasteiger partial charge on any atom is -0.464 e. The number of nitrogens with zero attached hydrogens (tertiary/aromatic N) is 2. The van der Waals surface area contributed by atoms with Crippen molar-refractivity contribution in [2.24, 2.45) is 5.41 Å². The van der Waals surface area contributed by atoms with E-state index < -0.39 is 17.7 Å². The van der Waals surface area contributed by atoms with Gasteiger partial charge in [0, 0.05) is 18.5 Å². The van der Waals surface area contributed by atoms with Crippen LogP contribution in [0.2, 0.25) is 0 Å². The maximum atomic E-state index is 12.2. The fourth-order valence-electron chi connectivity index (χ4n) is 3.55. The van der Waals surface area contributed by atoms with Gasteiger partial charge in [0.15, 0.2) is 5.69 Å². The number of alkyl carbamates (subject to hydrolysis) is 1. The SMILES string of the molecule is COC(=O)c1cccc(N2CC(NC(=O)OC(C)(C)C)CC3(COC3)C2)n1. The lowest BCUT2D eigenvalue weighted by Gasteiger charge is -2.51. The highest BCUT2D eigenvalue weighted by Gasteiger charge is 2.46. The number of carbonyl (C=O) groups is 2. The molecule has 8 heteroatoms. The lowest BCUT2D eigenvalue weighted by atomic mass is 9.76. The maximum absolute atomic E-state index is 12.2. The van der Waals surface area contributed by atoms with Gasteiger partial charge in [0.05, 0.1) is 26.4 Å². The Hall–Kier alpha value is -2.35. The average molecular weight is 377 g/mol. The second-order valence-corrected chi connectivity index (χ2v) is 8.29. The largest absolute Gasteiger partial charge is 0.464 e. The first-order valence-electron chi connectivity index (χ1n) is 9.07. The summed E-state index contributed by atoms with van der Waals surface area (Å²) in [6, 6.07) is 5.16. The number of hydrogen-bond acceptors (Lipinski definition) is 7. The summed E-state index contributed by atoms with van der Waals surface area (Å²) in [6.07, 6.45) is 0.389. The molecule has 3 heterocycles. The number of nitrogens with one attached hydrogen (secondary N) is 1. The molecule has 3 rings (SSSR count). The molecule has 2 aliphatic heterocycles. The Labute approximate surface area is 159 Å². The first-order chi connectivity index (χ1) is 12.7. The lowest BCUT2D eigenvalue weighted by Crippen LogP contribution is -2.62. The standard InChI is InChI=1S/C19H27N3O5/c1-18(2,3)27-17(24)20-13-8-19(11-26-12-19)10-22(9-13)15-7-5-6-14(21-15)16(23)25-4/h5-7,13H,8-12H2,1-4H3,(H,20,24). The Morgan fingerprint density at radius 1 is 1.33 bits per heavy atom. The van der Waals surface area contributed by atoms with Crippen molar-refractivity contribution in [2.75, 3.05) is 38.3 Å². The van der Waals surface area contributed by atoms with Crippen molar-refractivity contribution in [3.8, 4) is 0 Å². The average Bonchev–Trinajstić information content (AvgIpc) is 2.57. The molecule has 1 N–H and O–H groups in total. The summed E-state index contributed by atoms with van der Waals surface area (Å²) in [4.78, 5) is 30.5. The van der Waals surface area contributed by atoms with Crippen molar-refractivity contribution in [3.63, 3.8) is 0 Å². The molecule has 2 saturated heterocycles. The van der Waals surface area contributed by atoms with Gasteiger partial charge in [-0.05, 0) is 39.3 Å². The molecule has 1 atom stereocenters. The van der Waals surface area contributed by atoms with Gasteiger partial charge in [-0.3, -0.25) is 0 Å². The second kappa shape index (κ2) is 7.34. The molecule has 1 unspecified atom stereocenters. The van der Waals surface area contributed by atoms with E-state index in [4.69, 9.17) is 14.2 Å². The van der Waals surface area contributed by atoms with Crippen LogP contribution >= 0.6 is 0 Å². The molecule has 0 aliphatic carbocycles. The Morgan fingerprint density at radius 2 is 2.07 bits per heavy atom. The Balaban J connectivity index is 1.76. The number of esters is 1. The minimum atomic E-state index is -0.549. The fraction of sp³-hybridized carbons (Fsp3) is 0.632. The van der Waals surface area contributed by atoms with E-state index in [0.717, 1.165) is 13.0 Å². The molecule has 0 radical (unpaired) electrons. The molecule has 0 saturated carbocycles. The van der Waals surface area contributed by atoms with Crippen LogP contribution < -0.4 is 10.2 Å². The van der Waals surface area contributed by atoms with Crippen molar-refractivity contribution in [1.82, 2.24) is 10.3 Å². The highest BCUT2D eigenvalue weighted by molar-refractivity contribution is 5.87. The van der Waals surface area contributed by atoms with E-state index >= 15 is 0 Å². The number of aromatic nitrogens is 1. The van der Waals surface area contributed by atoms with Gasteiger partial charge in [0.1, 0.15) is 11.4 Å². The lowest BCUT2D eigenvalue weighted by molar-refractivity contribution is -0.122. The number of methoxy groups -OCH3 is 1.